The van der Waals surface area contributed by atoms with Crippen molar-refractivity contribution in [1.82, 2.24) is 9.80 Å². The van der Waals surface area contributed by atoms with Crippen molar-refractivity contribution in [3.63, 3.8) is 0 Å². The summed E-state index contributed by atoms with van der Waals surface area (Å²) in [7, 11) is 0. The molecule has 1 saturated heterocycles. The molecule has 0 atom stereocenters. The SMILES string of the molecule is O=C(c1ccc(-c2ccccc2)cc1)N1CCN(C(=O)C2(O)CCC2)CC1. The molecule has 1 saturated carbocycles. The summed E-state index contributed by atoms with van der Waals surface area (Å²) in [5.74, 6) is -0.183. The Kier molecular flexibility index (Phi) is 4.70. The van der Waals surface area contributed by atoms with Crippen LogP contribution in [0.2, 0.25) is 0 Å². The molecule has 2 aliphatic rings. The summed E-state index contributed by atoms with van der Waals surface area (Å²) in [6.45, 7) is 1.96. The first-order chi connectivity index (χ1) is 13.1. The monoisotopic (exact) mass is 364 g/mol. The van der Waals surface area contributed by atoms with Gasteiger partial charge in [-0.3, -0.25) is 9.59 Å². The molecule has 140 valence electrons. The normalized spacial score (nSPS) is 18.7. The molecule has 5 nitrogen and oxygen atoms in total. The lowest BCUT2D eigenvalue weighted by molar-refractivity contribution is -0.161. The van der Waals surface area contributed by atoms with Crippen LogP contribution in [-0.2, 0) is 4.79 Å². The van der Waals surface area contributed by atoms with Crippen LogP contribution in [0.15, 0.2) is 54.6 Å². The minimum absolute atomic E-state index is 0.0101. The maximum absolute atomic E-state index is 12.8. The van der Waals surface area contributed by atoms with Gasteiger partial charge in [-0.25, -0.2) is 0 Å². The number of aliphatic hydroxyl groups is 1. The Balaban J connectivity index is 1.37. The van der Waals surface area contributed by atoms with E-state index in [1.54, 1.807) is 9.80 Å². The second kappa shape index (κ2) is 7.16. The Morgan fingerprint density at radius 1 is 0.778 bits per heavy atom. The standard InChI is InChI=1S/C22H24N2O3/c25-20(19-9-7-18(8-10-19)17-5-2-1-3-6-17)23-13-15-24(16-14-23)21(26)22(27)11-4-12-22/h1-3,5-10,27H,4,11-16H2. The van der Waals surface area contributed by atoms with E-state index >= 15 is 0 Å². The van der Waals surface area contributed by atoms with Gasteiger partial charge in [-0.05, 0) is 42.5 Å². The third-order valence-corrected chi connectivity index (χ3v) is 5.67. The highest BCUT2D eigenvalue weighted by molar-refractivity contribution is 5.95. The quantitative estimate of drug-likeness (QED) is 0.911. The molecule has 1 heterocycles. The average Bonchev–Trinajstić information content (AvgIpc) is 2.72. The predicted octanol–water partition coefficient (Wildman–Crippen LogP) is 2.55. The van der Waals surface area contributed by atoms with E-state index in [2.05, 4.69) is 0 Å². The van der Waals surface area contributed by atoms with E-state index in [-0.39, 0.29) is 11.8 Å². The number of carbonyl (C=O) groups is 2. The minimum Gasteiger partial charge on any atom is -0.380 e. The van der Waals surface area contributed by atoms with Crippen LogP contribution in [0.25, 0.3) is 11.1 Å². The molecule has 2 aromatic rings. The van der Waals surface area contributed by atoms with Gasteiger partial charge in [0.1, 0.15) is 5.60 Å². The molecule has 0 spiro atoms. The molecule has 27 heavy (non-hydrogen) atoms. The van der Waals surface area contributed by atoms with E-state index in [4.69, 9.17) is 0 Å². The number of hydrogen-bond donors (Lipinski definition) is 1. The van der Waals surface area contributed by atoms with Gasteiger partial charge >= 0.3 is 0 Å². The lowest BCUT2D eigenvalue weighted by atomic mass is 9.79. The highest BCUT2D eigenvalue weighted by atomic mass is 16.3. The van der Waals surface area contributed by atoms with E-state index in [1.807, 2.05) is 54.6 Å². The Hall–Kier alpha value is -2.66. The third-order valence-electron chi connectivity index (χ3n) is 5.67. The summed E-state index contributed by atoms with van der Waals surface area (Å²) in [4.78, 5) is 28.6. The summed E-state index contributed by atoms with van der Waals surface area (Å²) in [5.41, 5.74) is 1.71. The van der Waals surface area contributed by atoms with Gasteiger partial charge in [0, 0.05) is 31.7 Å². The molecule has 4 rings (SSSR count). The summed E-state index contributed by atoms with van der Waals surface area (Å²) >= 11 is 0. The largest absolute Gasteiger partial charge is 0.380 e. The van der Waals surface area contributed by atoms with Crippen LogP contribution in [0.5, 0.6) is 0 Å². The van der Waals surface area contributed by atoms with E-state index in [1.165, 1.54) is 0 Å². The molecule has 2 amide bonds. The number of amides is 2. The van der Waals surface area contributed by atoms with Gasteiger partial charge in [0.2, 0.25) is 0 Å². The van der Waals surface area contributed by atoms with Gasteiger partial charge < -0.3 is 14.9 Å². The predicted molar refractivity (Wildman–Crippen MR) is 103 cm³/mol. The smallest absolute Gasteiger partial charge is 0.254 e. The minimum atomic E-state index is -1.15. The number of hydrogen-bond acceptors (Lipinski definition) is 3. The van der Waals surface area contributed by atoms with Crippen LogP contribution in [0.1, 0.15) is 29.6 Å². The molecule has 2 fully saturated rings. The van der Waals surface area contributed by atoms with Crippen molar-refractivity contribution in [2.45, 2.75) is 24.9 Å². The fourth-order valence-corrected chi connectivity index (χ4v) is 3.75. The number of piperazine rings is 1. The molecule has 1 aliphatic carbocycles. The first-order valence-corrected chi connectivity index (χ1v) is 9.53. The third kappa shape index (κ3) is 3.47. The highest BCUT2D eigenvalue weighted by Crippen LogP contribution is 2.33. The van der Waals surface area contributed by atoms with E-state index in [9.17, 15) is 14.7 Å². The Labute approximate surface area is 159 Å². The Morgan fingerprint density at radius 3 is 1.89 bits per heavy atom. The van der Waals surface area contributed by atoms with Gasteiger partial charge in [0.05, 0.1) is 0 Å². The summed E-state index contributed by atoms with van der Waals surface area (Å²) in [5, 5.41) is 10.2. The number of carbonyl (C=O) groups excluding carboxylic acids is 2. The van der Waals surface area contributed by atoms with Crippen molar-refractivity contribution in [3.05, 3.63) is 60.2 Å². The molecule has 1 aliphatic heterocycles. The molecular weight excluding hydrogens is 340 g/mol. The summed E-state index contributed by atoms with van der Waals surface area (Å²) < 4.78 is 0. The zero-order valence-corrected chi connectivity index (χ0v) is 15.3. The van der Waals surface area contributed by atoms with Crippen LogP contribution in [0, 0.1) is 0 Å². The van der Waals surface area contributed by atoms with Crippen LogP contribution in [-0.4, -0.2) is 58.5 Å². The van der Waals surface area contributed by atoms with E-state index in [0.29, 0.717) is 44.6 Å². The molecule has 5 heteroatoms. The zero-order valence-electron chi connectivity index (χ0n) is 15.3. The summed E-state index contributed by atoms with van der Waals surface area (Å²) in [6.07, 6.45) is 2.01. The second-order valence-corrected chi connectivity index (χ2v) is 7.41. The molecule has 0 radical (unpaired) electrons. The first kappa shape index (κ1) is 17.7. The van der Waals surface area contributed by atoms with Crippen molar-refractivity contribution in [3.8, 4) is 11.1 Å². The fourth-order valence-electron chi connectivity index (χ4n) is 3.75. The maximum Gasteiger partial charge on any atom is 0.254 e. The molecule has 2 aromatic carbocycles. The van der Waals surface area contributed by atoms with E-state index < -0.39 is 5.60 Å². The van der Waals surface area contributed by atoms with Gasteiger partial charge in [-0.15, -0.1) is 0 Å². The number of nitrogens with zero attached hydrogens (tertiary/aromatic N) is 2. The number of rotatable bonds is 3. The maximum atomic E-state index is 12.8. The fraction of sp³-hybridized carbons (Fsp3) is 0.364. The highest BCUT2D eigenvalue weighted by Gasteiger charge is 2.45. The molecule has 0 unspecified atom stereocenters. The Morgan fingerprint density at radius 2 is 1.33 bits per heavy atom. The van der Waals surface area contributed by atoms with Crippen LogP contribution in [0.3, 0.4) is 0 Å². The van der Waals surface area contributed by atoms with Gasteiger partial charge in [-0.2, -0.15) is 0 Å². The molecular formula is C22H24N2O3. The zero-order chi connectivity index (χ0) is 18.9. The van der Waals surface area contributed by atoms with Crippen LogP contribution in [0.4, 0.5) is 0 Å². The van der Waals surface area contributed by atoms with E-state index in [0.717, 1.165) is 17.5 Å². The van der Waals surface area contributed by atoms with Gasteiger partial charge in [0.25, 0.3) is 11.8 Å². The molecule has 0 aromatic heterocycles. The average molecular weight is 364 g/mol. The van der Waals surface area contributed by atoms with Crippen molar-refractivity contribution in [2.24, 2.45) is 0 Å². The summed E-state index contributed by atoms with van der Waals surface area (Å²) in [6, 6.07) is 17.7. The van der Waals surface area contributed by atoms with Crippen molar-refractivity contribution in [1.29, 1.82) is 0 Å². The van der Waals surface area contributed by atoms with Gasteiger partial charge in [-0.1, -0.05) is 42.5 Å². The van der Waals surface area contributed by atoms with Crippen LogP contribution < -0.4 is 0 Å². The van der Waals surface area contributed by atoms with Crippen molar-refractivity contribution in [2.75, 3.05) is 26.2 Å². The van der Waals surface area contributed by atoms with Crippen LogP contribution >= 0.6 is 0 Å². The molecule has 0 bridgehead atoms. The molecule has 1 N–H and O–H groups in total. The number of benzene rings is 2. The lowest BCUT2D eigenvalue weighted by Gasteiger charge is -2.42. The first-order valence-electron chi connectivity index (χ1n) is 9.53. The van der Waals surface area contributed by atoms with Crippen molar-refractivity contribution >= 4 is 11.8 Å². The van der Waals surface area contributed by atoms with Crippen molar-refractivity contribution < 1.29 is 14.7 Å². The lowest BCUT2D eigenvalue weighted by Crippen LogP contribution is -2.58. The topological polar surface area (TPSA) is 60.9 Å². The van der Waals surface area contributed by atoms with Gasteiger partial charge in [0.15, 0.2) is 0 Å². The Bertz CT molecular complexity index is 820. The second-order valence-electron chi connectivity index (χ2n) is 7.41.